The molecule has 3 aromatic heterocycles. The summed E-state index contributed by atoms with van der Waals surface area (Å²) >= 11 is 0. The smallest absolute Gasteiger partial charge is 0.135 e. The predicted octanol–water partition coefficient (Wildman–Crippen LogP) is 2.76. The first-order chi connectivity index (χ1) is 20.1. The van der Waals surface area contributed by atoms with Crippen LogP contribution in [0.4, 0.5) is 5.82 Å². The first-order valence-corrected chi connectivity index (χ1v) is 13.6. The number of hydrogen-bond donors (Lipinski definition) is 3. The summed E-state index contributed by atoms with van der Waals surface area (Å²) in [6.07, 6.45) is 13.4. The monoisotopic (exact) mass is 545 g/mol. The number of hydrogen-bond acceptors (Lipinski definition) is 9. The summed E-state index contributed by atoms with van der Waals surface area (Å²) in [7, 11) is 3.46. The molecule has 3 saturated heterocycles. The molecule has 0 amide bonds. The number of ether oxygens (including phenoxy) is 1. The Morgan fingerprint density at radius 2 is 2.15 bits per heavy atom. The second-order valence-corrected chi connectivity index (χ2v) is 10.3. The maximum atomic E-state index is 9.70. The van der Waals surface area contributed by atoms with E-state index in [0.29, 0.717) is 23.2 Å². The third kappa shape index (κ3) is 5.02. The van der Waals surface area contributed by atoms with Crippen LogP contribution < -0.4 is 15.5 Å². The van der Waals surface area contributed by atoms with Gasteiger partial charge in [-0.1, -0.05) is 11.8 Å². The quantitative estimate of drug-likeness (QED) is 0.307. The molecule has 2 bridgehead atoms. The predicted molar refractivity (Wildman–Crippen MR) is 159 cm³/mol. The van der Waals surface area contributed by atoms with Crippen LogP contribution >= 0.6 is 0 Å². The molecular formula is C31H31N9O. The van der Waals surface area contributed by atoms with Crippen LogP contribution in [0.3, 0.4) is 0 Å². The van der Waals surface area contributed by atoms with Gasteiger partial charge in [-0.05, 0) is 30.7 Å². The van der Waals surface area contributed by atoms with Crippen LogP contribution in [0.15, 0.2) is 66.6 Å². The molecule has 0 saturated carbocycles. The van der Waals surface area contributed by atoms with E-state index in [2.05, 4.69) is 55.6 Å². The van der Waals surface area contributed by atoms with E-state index in [1.807, 2.05) is 30.7 Å². The van der Waals surface area contributed by atoms with E-state index in [1.165, 1.54) is 12.6 Å². The van der Waals surface area contributed by atoms with E-state index in [4.69, 9.17) is 15.1 Å². The molecule has 0 aliphatic carbocycles. The fraction of sp³-hybridized carbons (Fsp3) is 0.290. The van der Waals surface area contributed by atoms with Gasteiger partial charge in [0.15, 0.2) is 0 Å². The third-order valence-corrected chi connectivity index (χ3v) is 7.85. The highest BCUT2D eigenvalue weighted by Gasteiger charge is 2.44. The van der Waals surface area contributed by atoms with Crippen molar-refractivity contribution in [3.05, 3.63) is 77.7 Å². The Kier molecular flexibility index (Phi) is 7.15. The Labute approximate surface area is 239 Å². The summed E-state index contributed by atoms with van der Waals surface area (Å²) in [5, 5.41) is 28.1. The van der Waals surface area contributed by atoms with Crippen molar-refractivity contribution in [2.24, 2.45) is 0 Å². The van der Waals surface area contributed by atoms with Crippen molar-refractivity contribution in [3.8, 4) is 29.0 Å². The van der Waals surface area contributed by atoms with Gasteiger partial charge in [0.05, 0.1) is 30.9 Å². The maximum absolute atomic E-state index is 9.70. The molecule has 41 heavy (non-hydrogen) atoms. The summed E-state index contributed by atoms with van der Waals surface area (Å²) in [6.45, 7) is 3.33. The highest BCUT2D eigenvalue weighted by molar-refractivity contribution is 6.08. The molecule has 0 spiro atoms. The molecule has 3 aromatic rings. The number of methoxy groups -OCH3 is 1. The summed E-state index contributed by atoms with van der Waals surface area (Å²) < 4.78 is 6.99. The van der Waals surface area contributed by atoms with Gasteiger partial charge < -0.3 is 25.7 Å². The molecular weight excluding hydrogens is 514 g/mol. The molecule has 206 valence electrons. The Balaban J connectivity index is 1.18. The summed E-state index contributed by atoms with van der Waals surface area (Å²) in [5.74, 6) is 8.39. The first-order valence-electron chi connectivity index (χ1n) is 13.6. The number of nitrogens with zero attached hydrogens (tertiary/aromatic N) is 6. The molecule has 4 aliphatic rings. The van der Waals surface area contributed by atoms with Crippen molar-refractivity contribution >= 4 is 23.1 Å². The molecule has 3 N–H and O–H groups in total. The fourth-order valence-electron chi connectivity index (χ4n) is 5.78. The van der Waals surface area contributed by atoms with Gasteiger partial charge in [0, 0.05) is 97.6 Å². The van der Waals surface area contributed by atoms with Gasteiger partial charge in [-0.15, -0.1) is 0 Å². The van der Waals surface area contributed by atoms with Crippen LogP contribution in [0.2, 0.25) is 0 Å². The molecule has 2 atom stereocenters. The lowest BCUT2D eigenvalue weighted by Crippen LogP contribution is -2.68. The number of allylic oxidation sites excluding steroid dienone is 2. The first kappa shape index (κ1) is 26.2. The average Bonchev–Trinajstić information content (AvgIpc) is 3.45. The normalized spacial score (nSPS) is 20.0. The van der Waals surface area contributed by atoms with E-state index in [1.54, 1.807) is 31.1 Å². The van der Waals surface area contributed by atoms with Crippen LogP contribution in [-0.4, -0.2) is 78.1 Å². The SMILES string of the molecule is CN/C=C(\C=N)c1cc(-c2ccc(N3CC4CC(C3)N4CC#CC3=CC(OC)=CNC3)nc2)c2c(C#N)cnn2c1. The number of fused-ring (bicyclic) bond motifs is 3. The molecule has 3 fully saturated rings. The van der Waals surface area contributed by atoms with Crippen molar-refractivity contribution in [1.29, 1.82) is 10.7 Å². The highest BCUT2D eigenvalue weighted by atomic mass is 16.5. The molecule has 0 aromatic carbocycles. The zero-order chi connectivity index (χ0) is 28.3. The molecule has 10 heteroatoms. The Morgan fingerprint density at radius 1 is 1.29 bits per heavy atom. The van der Waals surface area contributed by atoms with Crippen LogP contribution in [-0.2, 0) is 4.74 Å². The highest BCUT2D eigenvalue weighted by Crippen LogP contribution is 2.35. The van der Waals surface area contributed by atoms with Gasteiger partial charge in [-0.3, -0.25) is 4.90 Å². The van der Waals surface area contributed by atoms with Crippen molar-refractivity contribution in [2.75, 3.05) is 45.2 Å². The number of anilines is 1. The van der Waals surface area contributed by atoms with Gasteiger partial charge >= 0.3 is 0 Å². The lowest BCUT2D eigenvalue weighted by Gasteiger charge is -2.56. The maximum Gasteiger partial charge on any atom is 0.135 e. The van der Waals surface area contributed by atoms with Crippen molar-refractivity contribution < 1.29 is 4.74 Å². The molecule has 10 nitrogen and oxygen atoms in total. The third-order valence-electron chi connectivity index (χ3n) is 7.85. The van der Waals surface area contributed by atoms with E-state index < -0.39 is 0 Å². The standard InChI is InChI=1S/C31H31N9O/c1-34-14-24(11-32)23-9-29(31-25(12-33)16-37-40(31)18-23)22-5-6-30(36-15-22)38-19-26-10-27(20-38)39(26)7-3-4-21-8-28(41-2)17-35-13-21/h5-6,8-9,11,14-18,26-27,32,34-35H,7,10,13,19-20H2,1-2H3/b24-14+,32-11?. The van der Waals surface area contributed by atoms with Gasteiger partial charge in [-0.2, -0.15) is 10.4 Å². The number of nitriles is 1. The van der Waals surface area contributed by atoms with Gasteiger partial charge in [0.1, 0.15) is 17.6 Å². The van der Waals surface area contributed by atoms with Gasteiger partial charge in [0.25, 0.3) is 0 Å². The zero-order valence-corrected chi connectivity index (χ0v) is 23.1. The van der Waals surface area contributed by atoms with Crippen molar-refractivity contribution in [1.82, 2.24) is 30.1 Å². The second kappa shape index (κ2) is 11.2. The number of aromatic nitrogens is 3. The number of piperazine rings is 1. The minimum atomic E-state index is 0.470. The second-order valence-electron chi connectivity index (χ2n) is 10.3. The number of rotatable bonds is 7. The number of nitrogens with one attached hydrogen (secondary N) is 3. The minimum absolute atomic E-state index is 0.470. The van der Waals surface area contributed by atoms with Gasteiger partial charge in [-0.25, -0.2) is 9.50 Å². The molecule has 0 radical (unpaired) electrons. The Bertz CT molecular complexity index is 1670. The van der Waals surface area contributed by atoms with E-state index in [9.17, 15) is 5.26 Å². The number of piperidine rings is 1. The Morgan fingerprint density at radius 3 is 2.85 bits per heavy atom. The summed E-state index contributed by atoms with van der Waals surface area (Å²) in [4.78, 5) is 9.68. The molecule has 4 aliphatic heterocycles. The topological polar surface area (TPSA) is 118 Å². The molecule has 7 heterocycles. The van der Waals surface area contributed by atoms with E-state index in [-0.39, 0.29) is 0 Å². The molecule has 2 unspecified atom stereocenters. The number of pyridine rings is 2. The van der Waals surface area contributed by atoms with Gasteiger partial charge in [0.2, 0.25) is 0 Å². The van der Waals surface area contributed by atoms with Crippen LogP contribution in [0.25, 0.3) is 22.2 Å². The van der Waals surface area contributed by atoms with Crippen molar-refractivity contribution in [3.63, 3.8) is 0 Å². The fourth-order valence-corrected chi connectivity index (χ4v) is 5.78. The molecule has 7 rings (SSSR count). The minimum Gasteiger partial charge on any atom is -0.495 e. The largest absolute Gasteiger partial charge is 0.495 e. The lowest BCUT2D eigenvalue weighted by molar-refractivity contribution is 0.0125. The zero-order valence-electron chi connectivity index (χ0n) is 23.1. The average molecular weight is 546 g/mol. The van der Waals surface area contributed by atoms with Crippen LogP contribution in [0.1, 0.15) is 17.5 Å². The Hall–Kier alpha value is -5.06. The number of dihydropyridines is 1. The van der Waals surface area contributed by atoms with Crippen LogP contribution in [0.5, 0.6) is 0 Å². The van der Waals surface area contributed by atoms with E-state index in [0.717, 1.165) is 65.5 Å². The van der Waals surface area contributed by atoms with Crippen molar-refractivity contribution in [2.45, 2.75) is 18.5 Å². The summed E-state index contributed by atoms with van der Waals surface area (Å²) in [5.41, 5.74) is 5.53. The lowest BCUT2D eigenvalue weighted by atomic mass is 9.87. The van der Waals surface area contributed by atoms with E-state index >= 15 is 0 Å². The summed E-state index contributed by atoms with van der Waals surface area (Å²) in [6, 6.07) is 9.29. The van der Waals surface area contributed by atoms with Crippen LogP contribution in [0, 0.1) is 28.6 Å².